The van der Waals surface area contributed by atoms with Crippen LogP contribution < -0.4 is 4.90 Å². The number of aromatic nitrogens is 2. The number of benzene rings is 1. The molecule has 1 aromatic heterocycles. The van der Waals surface area contributed by atoms with E-state index < -0.39 is 0 Å². The molecule has 0 atom stereocenters. The Balaban J connectivity index is 1.47. The van der Waals surface area contributed by atoms with Crippen molar-refractivity contribution in [1.29, 1.82) is 0 Å². The molecule has 1 aromatic carbocycles. The molecule has 1 saturated heterocycles. The number of hydrogen-bond donors (Lipinski definition) is 0. The van der Waals surface area contributed by atoms with Crippen molar-refractivity contribution in [3.05, 3.63) is 30.2 Å². The summed E-state index contributed by atoms with van der Waals surface area (Å²) in [7, 11) is 2.24. The maximum atomic E-state index is 5.45. The van der Waals surface area contributed by atoms with Gasteiger partial charge in [-0.2, -0.15) is 11.8 Å². The molecule has 0 radical (unpaired) electrons. The molecular formula is C21H29N3OS. The zero-order chi connectivity index (χ0) is 17.8. The predicted octanol–water partition coefficient (Wildman–Crippen LogP) is 4.81. The largest absolute Gasteiger partial charge is 0.381 e. The number of thioether (sulfide) groups is 1. The van der Waals surface area contributed by atoms with Gasteiger partial charge in [0.05, 0.1) is 11.3 Å². The van der Waals surface area contributed by atoms with E-state index in [1.165, 1.54) is 37.8 Å². The fraction of sp³-hybridized carbons (Fsp3) is 0.619. The summed E-state index contributed by atoms with van der Waals surface area (Å²) in [5, 5.41) is 1.82. The highest BCUT2D eigenvalue weighted by Gasteiger charge is 2.19. The summed E-state index contributed by atoms with van der Waals surface area (Å²) in [6.07, 6.45) is 11.0. The van der Waals surface area contributed by atoms with E-state index in [2.05, 4.69) is 35.1 Å². The zero-order valence-corrected chi connectivity index (χ0v) is 16.5. The second kappa shape index (κ2) is 8.57. The molecule has 0 bridgehead atoms. The van der Waals surface area contributed by atoms with Crippen LogP contribution in [0.15, 0.2) is 24.4 Å². The van der Waals surface area contributed by atoms with Crippen LogP contribution in [0, 0.1) is 0 Å². The maximum absolute atomic E-state index is 5.45. The first kappa shape index (κ1) is 18.1. The Morgan fingerprint density at radius 1 is 1.12 bits per heavy atom. The molecule has 4 rings (SSSR count). The molecule has 0 N–H and O–H groups in total. The lowest BCUT2D eigenvalue weighted by molar-refractivity contribution is 0.1000. The lowest BCUT2D eigenvalue weighted by Gasteiger charge is -2.33. The zero-order valence-electron chi connectivity index (χ0n) is 15.7. The fourth-order valence-corrected chi connectivity index (χ4v) is 5.10. The van der Waals surface area contributed by atoms with Crippen LogP contribution in [-0.4, -0.2) is 41.5 Å². The van der Waals surface area contributed by atoms with Gasteiger partial charge in [-0.05, 0) is 43.9 Å². The molecule has 1 aliphatic carbocycles. The van der Waals surface area contributed by atoms with Gasteiger partial charge in [0.1, 0.15) is 5.82 Å². The van der Waals surface area contributed by atoms with Gasteiger partial charge in [-0.1, -0.05) is 19.3 Å². The summed E-state index contributed by atoms with van der Waals surface area (Å²) in [4.78, 5) is 11.9. The quantitative estimate of drug-likeness (QED) is 0.754. The molecule has 1 aliphatic heterocycles. The number of hydrogen-bond acceptors (Lipinski definition) is 5. The highest BCUT2D eigenvalue weighted by atomic mass is 32.2. The Morgan fingerprint density at radius 2 is 1.92 bits per heavy atom. The second-order valence-electron chi connectivity index (χ2n) is 7.55. The number of fused-ring (bicyclic) bond motifs is 1. The topological polar surface area (TPSA) is 38.2 Å². The summed E-state index contributed by atoms with van der Waals surface area (Å²) in [5.74, 6) is 1.84. The van der Waals surface area contributed by atoms with Gasteiger partial charge in [0.2, 0.25) is 0 Å². The molecule has 0 amide bonds. The Hall–Kier alpha value is -1.33. The average molecular weight is 372 g/mol. The minimum absolute atomic E-state index is 0.673. The summed E-state index contributed by atoms with van der Waals surface area (Å²) in [6, 6.07) is 7.30. The van der Waals surface area contributed by atoms with E-state index in [0.29, 0.717) is 11.3 Å². The molecule has 2 aliphatic rings. The summed E-state index contributed by atoms with van der Waals surface area (Å²) in [6.45, 7) is 1.79. The summed E-state index contributed by atoms with van der Waals surface area (Å²) >= 11 is 1.98. The predicted molar refractivity (Wildman–Crippen MR) is 110 cm³/mol. The molecule has 140 valence electrons. The van der Waals surface area contributed by atoms with Crippen molar-refractivity contribution in [2.75, 3.05) is 25.2 Å². The number of anilines is 1. The minimum Gasteiger partial charge on any atom is -0.381 e. The van der Waals surface area contributed by atoms with Gasteiger partial charge in [-0.15, -0.1) is 0 Å². The van der Waals surface area contributed by atoms with Crippen molar-refractivity contribution in [1.82, 2.24) is 9.97 Å². The minimum atomic E-state index is 0.673. The van der Waals surface area contributed by atoms with Crippen LogP contribution in [0.3, 0.4) is 0 Å². The second-order valence-corrected chi connectivity index (χ2v) is 8.84. The Morgan fingerprint density at radius 3 is 2.73 bits per heavy atom. The van der Waals surface area contributed by atoms with E-state index >= 15 is 0 Å². The average Bonchev–Trinajstić information content (AvgIpc) is 2.72. The molecule has 2 fully saturated rings. The standard InChI is InChI=1S/C21H29N3OS/c1-24(17-5-3-2-4-6-17)18-8-7-16-14-22-21(23-20(16)13-18)15-26-19-9-11-25-12-10-19/h7-8,13-14,17,19H,2-6,9-12,15H2,1H3. The van der Waals surface area contributed by atoms with E-state index in [-0.39, 0.29) is 0 Å². The van der Waals surface area contributed by atoms with E-state index in [0.717, 1.165) is 48.5 Å². The molecule has 4 nitrogen and oxygen atoms in total. The van der Waals surface area contributed by atoms with Crippen LogP contribution in [0.2, 0.25) is 0 Å². The smallest absolute Gasteiger partial charge is 0.138 e. The van der Waals surface area contributed by atoms with Crippen molar-refractivity contribution in [3.63, 3.8) is 0 Å². The third-order valence-corrected chi connectivity index (χ3v) is 7.13. The molecule has 2 aromatic rings. The van der Waals surface area contributed by atoms with Gasteiger partial charge in [-0.25, -0.2) is 9.97 Å². The molecule has 0 spiro atoms. The number of rotatable bonds is 5. The third kappa shape index (κ3) is 4.32. The molecule has 26 heavy (non-hydrogen) atoms. The van der Waals surface area contributed by atoms with Gasteiger partial charge in [0.15, 0.2) is 0 Å². The third-order valence-electron chi connectivity index (χ3n) is 5.76. The van der Waals surface area contributed by atoms with Crippen LogP contribution in [0.25, 0.3) is 10.9 Å². The highest BCUT2D eigenvalue weighted by molar-refractivity contribution is 7.99. The Bertz CT molecular complexity index is 726. The SMILES string of the molecule is CN(c1ccc2cnc(CSC3CCOCC3)nc2c1)C1CCCCC1. The lowest BCUT2D eigenvalue weighted by Crippen LogP contribution is -2.33. The van der Waals surface area contributed by atoms with Gasteiger partial charge in [-0.3, -0.25) is 0 Å². The van der Waals surface area contributed by atoms with Crippen LogP contribution in [-0.2, 0) is 10.5 Å². The monoisotopic (exact) mass is 371 g/mol. The molecule has 0 unspecified atom stereocenters. The highest BCUT2D eigenvalue weighted by Crippen LogP contribution is 2.29. The first-order chi connectivity index (χ1) is 12.8. The molecule has 5 heteroatoms. The number of ether oxygens (including phenoxy) is 1. The van der Waals surface area contributed by atoms with Crippen LogP contribution in [0.4, 0.5) is 5.69 Å². The van der Waals surface area contributed by atoms with E-state index in [9.17, 15) is 0 Å². The Kier molecular flexibility index (Phi) is 5.95. The van der Waals surface area contributed by atoms with Crippen molar-refractivity contribution in [2.45, 2.75) is 62.0 Å². The van der Waals surface area contributed by atoms with Crippen molar-refractivity contribution in [3.8, 4) is 0 Å². The maximum Gasteiger partial charge on any atom is 0.138 e. The van der Waals surface area contributed by atoms with E-state index in [1.54, 1.807) is 0 Å². The van der Waals surface area contributed by atoms with Gasteiger partial charge < -0.3 is 9.64 Å². The summed E-state index contributed by atoms with van der Waals surface area (Å²) < 4.78 is 5.45. The van der Waals surface area contributed by atoms with Gasteiger partial charge in [0.25, 0.3) is 0 Å². The first-order valence-electron chi connectivity index (χ1n) is 9.97. The van der Waals surface area contributed by atoms with E-state index in [4.69, 9.17) is 9.72 Å². The van der Waals surface area contributed by atoms with Gasteiger partial charge >= 0.3 is 0 Å². The molecule has 1 saturated carbocycles. The Labute approximate surface area is 160 Å². The van der Waals surface area contributed by atoms with Crippen LogP contribution in [0.5, 0.6) is 0 Å². The number of nitrogens with zero attached hydrogens (tertiary/aromatic N) is 3. The van der Waals surface area contributed by atoms with Crippen molar-refractivity contribution < 1.29 is 4.74 Å². The summed E-state index contributed by atoms with van der Waals surface area (Å²) in [5.41, 5.74) is 2.36. The van der Waals surface area contributed by atoms with Crippen LogP contribution >= 0.6 is 11.8 Å². The lowest BCUT2D eigenvalue weighted by atomic mass is 9.94. The van der Waals surface area contributed by atoms with Crippen molar-refractivity contribution >= 4 is 28.4 Å². The molecule has 2 heterocycles. The molecular weight excluding hydrogens is 342 g/mol. The fourth-order valence-electron chi connectivity index (χ4n) is 4.05. The van der Waals surface area contributed by atoms with E-state index in [1.807, 2.05) is 18.0 Å². The van der Waals surface area contributed by atoms with Gasteiger partial charge in [0, 0.05) is 48.8 Å². The van der Waals surface area contributed by atoms with Crippen LogP contribution in [0.1, 0.15) is 50.8 Å². The first-order valence-corrected chi connectivity index (χ1v) is 11.0. The van der Waals surface area contributed by atoms with Crippen molar-refractivity contribution in [2.24, 2.45) is 0 Å². The normalized spacial score (nSPS) is 19.7.